The lowest BCUT2D eigenvalue weighted by atomic mass is 10.00. The maximum absolute atomic E-state index is 14.8. The van der Waals surface area contributed by atoms with Gasteiger partial charge < -0.3 is 14.8 Å². The van der Waals surface area contributed by atoms with E-state index in [0.717, 1.165) is 0 Å². The van der Waals surface area contributed by atoms with Crippen LogP contribution in [0.25, 0.3) is 6.08 Å². The zero-order valence-corrected chi connectivity index (χ0v) is 14.2. The van der Waals surface area contributed by atoms with E-state index < -0.39 is 17.8 Å². The molecule has 2 N–H and O–H groups in total. The number of hydrogen-bond donors (Lipinski definition) is 2. The second-order valence-corrected chi connectivity index (χ2v) is 5.80. The molecule has 0 amide bonds. The SMILES string of the molecule is C=Cc1ccc(Oc2c(C(C)(F)CC)nc(CO)[nH]c2=O)cc1Cl. The molecule has 0 aliphatic carbocycles. The Morgan fingerprint density at radius 1 is 1.54 bits per heavy atom. The number of aliphatic hydroxyl groups is 1. The van der Waals surface area contributed by atoms with Crippen LogP contribution in [0.3, 0.4) is 0 Å². The first kappa shape index (κ1) is 18.2. The molecule has 1 unspecified atom stereocenters. The number of nitrogens with zero attached hydrogens (tertiary/aromatic N) is 1. The molecule has 0 aliphatic heterocycles. The molecule has 2 aromatic rings. The van der Waals surface area contributed by atoms with Crippen molar-refractivity contribution < 1.29 is 14.2 Å². The van der Waals surface area contributed by atoms with Gasteiger partial charge in [0.25, 0.3) is 5.56 Å². The standard InChI is InChI=1S/C17H18ClFN2O3/c1-4-10-6-7-11(8-12(10)18)24-14-15(17(3,19)5-2)20-13(9-22)21-16(14)23/h4,6-8,22H,1,5,9H2,2-3H3,(H,20,21,23). The van der Waals surface area contributed by atoms with Gasteiger partial charge in [0.1, 0.15) is 23.9 Å². The van der Waals surface area contributed by atoms with Gasteiger partial charge in [-0.05, 0) is 31.0 Å². The van der Waals surface area contributed by atoms with Crippen molar-refractivity contribution in [3.05, 3.63) is 57.2 Å². The molecule has 1 atom stereocenters. The van der Waals surface area contributed by atoms with Crippen LogP contribution in [0, 0.1) is 0 Å². The highest BCUT2D eigenvalue weighted by Gasteiger charge is 2.32. The number of nitrogens with one attached hydrogen (secondary N) is 1. The fourth-order valence-electron chi connectivity index (χ4n) is 2.05. The number of aromatic amines is 1. The summed E-state index contributed by atoms with van der Waals surface area (Å²) in [5.74, 6) is -0.0241. The normalized spacial score (nSPS) is 13.4. The summed E-state index contributed by atoms with van der Waals surface area (Å²) in [7, 11) is 0. The third kappa shape index (κ3) is 3.66. The smallest absolute Gasteiger partial charge is 0.294 e. The van der Waals surface area contributed by atoms with Crippen LogP contribution in [0.15, 0.2) is 29.6 Å². The van der Waals surface area contributed by atoms with Gasteiger partial charge in [0.15, 0.2) is 5.67 Å². The monoisotopic (exact) mass is 352 g/mol. The number of aromatic nitrogens is 2. The van der Waals surface area contributed by atoms with Gasteiger partial charge >= 0.3 is 0 Å². The number of ether oxygens (including phenoxy) is 1. The predicted octanol–water partition coefficient (Wildman–Crippen LogP) is 3.95. The summed E-state index contributed by atoms with van der Waals surface area (Å²) in [4.78, 5) is 18.6. The van der Waals surface area contributed by atoms with Gasteiger partial charge in [0.05, 0.1) is 5.02 Å². The van der Waals surface area contributed by atoms with Crippen molar-refractivity contribution in [3.63, 3.8) is 0 Å². The Balaban J connectivity index is 2.55. The van der Waals surface area contributed by atoms with Crippen molar-refractivity contribution in [1.82, 2.24) is 9.97 Å². The van der Waals surface area contributed by atoms with Crippen molar-refractivity contribution in [1.29, 1.82) is 0 Å². The first-order valence-electron chi connectivity index (χ1n) is 7.35. The van der Waals surface area contributed by atoms with Gasteiger partial charge in [0.2, 0.25) is 5.75 Å². The maximum Gasteiger partial charge on any atom is 0.294 e. The van der Waals surface area contributed by atoms with Gasteiger partial charge in [0, 0.05) is 6.07 Å². The van der Waals surface area contributed by atoms with Crippen molar-refractivity contribution in [2.45, 2.75) is 32.5 Å². The molecule has 0 radical (unpaired) electrons. The summed E-state index contributed by atoms with van der Waals surface area (Å²) >= 11 is 6.08. The minimum atomic E-state index is -1.89. The third-order valence-corrected chi connectivity index (χ3v) is 3.97. The number of rotatable bonds is 6. The molecule has 24 heavy (non-hydrogen) atoms. The fourth-order valence-corrected chi connectivity index (χ4v) is 2.30. The van der Waals surface area contributed by atoms with E-state index in [2.05, 4.69) is 16.5 Å². The molecule has 0 saturated carbocycles. The van der Waals surface area contributed by atoms with Crippen LogP contribution >= 0.6 is 11.6 Å². The lowest BCUT2D eigenvalue weighted by Crippen LogP contribution is -2.25. The Hall–Kier alpha value is -2.18. The van der Waals surface area contributed by atoms with Crippen LogP contribution in [0.4, 0.5) is 4.39 Å². The molecule has 0 fully saturated rings. The van der Waals surface area contributed by atoms with Gasteiger partial charge in [-0.2, -0.15) is 0 Å². The predicted molar refractivity (Wildman–Crippen MR) is 91.1 cm³/mol. The lowest BCUT2D eigenvalue weighted by molar-refractivity contribution is 0.171. The fraction of sp³-hybridized carbons (Fsp3) is 0.294. The Labute approximate surface area is 143 Å². The molecule has 2 rings (SSSR count). The summed E-state index contributed by atoms with van der Waals surface area (Å²) in [6.07, 6.45) is 1.67. The molecule has 1 aromatic heterocycles. The van der Waals surface area contributed by atoms with E-state index in [1.54, 1.807) is 25.1 Å². The van der Waals surface area contributed by atoms with Crippen LogP contribution in [0.5, 0.6) is 11.5 Å². The average Bonchev–Trinajstić information content (AvgIpc) is 2.56. The lowest BCUT2D eigenvalue weighted by Gasteiger charge is -2.21. The van der Waals surface area contributed by atoms with Gasteiger partial charge in [-0.1, -0.05) is 31.2 Å². The van der Waals surface area contributed by atoms with E-state index in [9.17, 15) is 14.3 Å². The highest BCUT2D eigenvalue weighted by Crippen LogP contribution is 2.35. The quantitative estimate of drug-likeness (QED) is 0.825. The van der Waals surface area contributed by atoms with Crippen molar-refractivity contribution in [3.8, 4) is 11.5 Å². The first-order valence-corrected chi connectivity index (χ1v) is 7.73. The molecule has 1 heterocycles. The first-order chi connectivity index (χ1) is 11.3. The van der Waals surface area contributed by atoms with E-state index >= 15 is 0 Å². The zero-order chi connectivity index (χ0) is 17.9. The average molecular weight is 353 g/mol. The van der Waals surface area contributed by atoms with E-state index in [-0.39, 0.29) is 29.4 Å². The molecular formula is C17H18ClFN2O3. The second-order valence-electron chi connectivity index (χ2n) is 5.39. The molecule has 0 saturated heterocycles. The van der Waals surface area contributed by atoms with Crippen molar-refractivity contribution in [2.24, 2.45) is 0 Å². The Morgan fingerprint density at radius 3 is 2.79 bits per heavy atom. The number of aliphatic hydroxyl groups excluding tert-OH is 1. The second kappa shape index (κ2) is 7.15. The van der Waals surface area contributed by atoms with E-state index in [0.29, 0.717) is 10.6 Å². The summed E-state index contributed by atoms with van der Waals surface area (Å²) in [6, 6.07) is 4.76. The minimum Gasteiger partial charge on any atom is -0.449 e. The topological polar surface area (TPSA) is 75.2 Å². The summed E-state index contributed by atoms with van der Waals surface area (Å²) < 4.78 is 20.4. The molecule has 1 aromatic carbocycles. The highest BCUT2D eigenvalue weighted by molar-refractivity contribution is 6.32. The van der Waals surface area contributed by atoms with Crippen LogP contribution in [0.2, 0.25) is 5.02 Å². The molecule has 7 heteroatoms. The maximum atomic E-state index is 14.8. The minimum absolute atomic E-state index is 0.0280. The highest BCUT2D eigenvalue weighted by atomic mass is 35.5. The van der Waals surface area contributed by atoms with Crippen LogP contribution in [-0.2, 0) is 12.3 Å². The summed E-state index contributed by atoms with van der Waals surface area (Å²) in [5, 5.41) is 9.56. The largest absolute Gasteiger partial charge is 0.449 e. The molecular weight excluding hydrogens is 335 g/mol. The molecule has 5 nitrogen and oxygen atoms in total. The Morgan fingerprint density at radius 2 is 2.25 bits per heavy atom. The molecule has 0 spiro atoms. The zero-order valence-electron chi connectivity index (χ0n) is 13.4. The molecule has 0 aliphatic rings. The number of alkyl halides is 1. The van der Waals surface area contributed by atoms with Crippen LogP contribution in [-0.4, -0.2) is 15.1 Å². The number of halogens is 2. The van der Waals surface area contributed by atoms with Crippen LogP contribution < -0.4 is 10.3 Å². The van der Waals surface area contributed by atoms with E-state index in [1.165, 1.54) is 13.0 Å². The Bertz CT molecular complexity index is 818. The summed E-state index contributed by atoms with van der Waals surface area (Å²) in [5.41, 5.74) is -2.03. The van der Waals surface area contributed by atoms with Crippen LogP contribution in [0.1, 0.15) is 37.4 Å². The summed E-state index contributed by atoms with van der Waals surface area (Å²) in [6.45, 7) is 6.05. The number of hydrogen-bond acceptors (Lipinski definition) is 4. The third-order valence-electron chi connectivity index (χ3n) is 3.65. The van der Waals surface area contributed by atoms with Gasteiger partial charge in [-0.3, -0.25) is 4.79 Å². The van der Waals surface area contributed by atoms with Crippen molar-refractivity contribution in [2.75, 3.05) is 0 Å². The number of benzene rings is 1. The van der Waals surface area contributed by atoms with E-state index in [4.69, 9.17) is 16.3 Å². The molecule has 0 bridgehead atoms. The van der Waals surface area contributed by atoms with E-state index in [1.807, 2.05) is 0 Å². The van der Waals surface area contributed by atoms with Crippen molar-refractivity contribution >= 4 is 17.7 Å². The number of H-pyrrole nitrogens is 1. The van der Waals surface area contributed by atoms with Gasteiger partial charge in [-0.25, -0.2) is 9.37 Å². The Kier molecular flexibility index (Phi) is 5.41. The molecule has 128 valence electrons. The van der Waals surface area contributed by atoms with Gasteiger partial charge in [-0.15, -0.1) is 0 Å².